The summed E-state index contributed by atoms with van der Waals surface area (Å²) >= 11 is 3.14. The first-order chi connectivity index (χ1) is 8.88. The van der Waals surface area contributed by atoms with E-state index in [4.69, 9.17) is 0 Å². The molecule has 5 nitrogen and oxygen atoms in total. The normalized spacial score (nSPS) is 11.3. The van der Waals surface area contributed by atoms with Crippen LogP contribution in [0.3, 0.4) is 0 Å². The fourth-order valence-corrected chi connectivity index (χ4v) is 3.08. The number of aryl methyl sites for hydroxylation is 2. The number of anilines is 1. The molecule has 0 aliphatic carbocycles. The Morgan fingerprint density at radius 3 is 2.47 bits per heavy atom. The molecule has 0 fully saturated rings. The molecule has 7 heteroatoms. The molecule has 1 heterocycles. The average molecular weight is 342 g/mol. The highest BCUT2D eigenvalue weighted by molar-refractivity contribution is 9.10. The first-order valence-corrected chi connectivity index (χ1v) is 7.74. The Labute approximate surface area is 120 Å². The van der Waals surface area contributed by atoms with Crippen molar-refractivity contribution >= 4 is 31.8 Å². The van der Waals surface area contributed by atoms with Gasteiger partial charge in [-0.25, -0.2) is 18.4 Å². The highest BCUT2D eigenvalue weighted by atomic mass is 79.9. The molecule has 1 N–H and O–H groups in total. The first-order valence-electron chi connectivity index (χ1n) is 5.46. The molecular weight excluding hydrogens is 330 g/mol. The summed E-state index contributed by atoms with van der Waals surface area (Å²) in [6, 6.07) is 5.16. The second kappa shape index (κ2) is 5.26. The lowest BCUT2D eigenvalue weighted by Crippen LogP contribution is -2.15. The first kappa shape index (κ1) is 14.0. The van der Waals surface area contributed by atoms with E-state index in [0.717, 1.165) is 5.56 Å². The molecule has 0 saturated carbocycles. The summed E-state index contributed by atoms with van der Waals surface area (Å²) in [4.78, 5) is 8.10. The second-order valence-corrected chi connectivity index (χ2v) is 6.56. The number of rotatable bonds is 3. The van der Waals surface area contributed by atoms with Crippen molar-refractivity contribution in [1.82, 2.24) is 9.97 Å². The zero-order chi connectivity index (χ0) is 14.0. The van der Waals surface area contributed by atoms with Crippen LogP contribution in [0.4, 0.5) is 5.82 Å². The van der Waals surface area contributed by atoms with E-state index >= 15 is 0 Å². The van der Waals surface area contributed by atoms with Crippen molar-refractivity contribution in [3.05, 3.63) is 46.3 Å². The van der Waals surface area contributed by atoms with Crippen LogP contribution in [0.25, 0.3) is 0 Å². The predicted molar refractivity (Wildman–Crippen MR) is 76.5 cm³/mol. The largest absolute Gasteiger partial charge is 0.263 e. The van der Waals surface area contributed by atoms with E-state index in [9.17, 15) is 8.42 Å². The van der Waals surface area contributed by atoms with E-state index in [1.165, 1.54) is 12.4 Å². The molecule has 0 atom stereocenters. The van der Waals surface area contributed by atoms with Gasteiger partial charge in [0.1, 0.15) is 4.60 Å². The van der Waals surface area contributed by atoms with Crippen LogP contribution in [0.2, 0.25) is 0 Å². The van der Waals surface area contributed by atoms with Crippen LogP contribution < -0.4 is 4.72 Å². The minimum atomic E-state index is -3.64. The predicted octanol–water partition coefficient (Wildman–Crippen LogP) is 2.66. The topological polar surface area (TPSA) is 72.0 Å². The van der Waals surface area contributed by atoms with Crippen LogP contribution in [0.15, 0.2) is 40.1 Å². The van der Waals surface area contributed by atoms with E-state index in [1.807, 2.05) is 13.0 Å². The van der Waals surface area contributed by atoms with Crippen molar-refractivity contribution < 1.29 is 8.42 Å². The molecule has 0 spiro atoms. The van der Waals surface area contributed by atoms with Gasteiger partial charge in [-0.15, -0.1) is 0 Å². The second-order valence-electron chi connectivity index (χ2n) is 4.10. The number of halogens is 1. The quantitative estimate of drug-likeness (QED) is 0.931. The highest BCUT2D eigenvalue weighted by Crippen LogP contribution is 2.19. The SMILES string of the molecule is Cc1ccc(S(=O)(=O)Nc2cnc(Br)cn2)c(C)c1. The Bertz CT molecular complexity index is 699. The molecule has 0 unspecified atom stereocenters. The number of nitrogens with zero attached hydrogens (tertiary/aromatic N) is 2. The number of hydrogen-bond donors (Lipinski definition) is 1. The van der Waals surface area contributed by atoms with Gasteiger partial charge in [0.15, 0.2) is 5.82 Å². The highest BCUT2D eigenvalue weighted by Gasteiger charge is 2.17. The Morgan fingerprint density at radius 1 is 1.16 bits per heavy atom. The minimum Gasteiger partial charge on any atom is -0.262 e. The molecule has 2 aromatic rings. The summed E-state index contributed by atoms with van der Waals surface area (Å²) < 4.78 is 27.4. The lowest BCUT2D eigenvalue weighted by Gasteiger charge is -2.10. The van der Waals surface area contributed by atoms with Gasteiger partial charge in [0.2, 0.25) is 0 Å². The van der Waals surface area contributed by atoms with Crippen molar-refractivity contribution in [3.8, 4) is 0 Å². The average Bonchev–Trinajstić information content (AvgIpc) is 2.31. The maximum absolute atomic E-state index is 12.2. The van der Waals surface area contributed by atoms with Crippen molar-refractivity contribution in [1.29, 1.82) is 0 Å². The molecule has 1 aromatic heterocycles. The minimum absolute atomic E-state index is 0.183. The molecule has 0 radical (unpaired) electrons. The Morgan fingerprint density at radius 2 is 1.89 bits per heavy atom. The maximum Gasteiger partial charge on any atom is 0.263 e. The smallest absolute Gasteiger partial charge is 0.262 e. The third-order valence-corrected chi connectivity index (χ3v) is 4.40. The summed E-state index contributed by atoms with van der Waals surface area (Å²) in [7, 11) is -3.64. The van der Waals surface area contributed by atoms with Crippen LogP contribution >= 0.6 is 15.9 Å². The molecule has 0 saturated heterocycles. The summed E-state index contributed by atoms with van der Waals surface area (Å²) in [5.41, 5.74) is 1.71. The summed E-state index contributed by atoms with van der Waals surface area (Å²) in [5.74, 6) is 0.183. The Hall–Kier alpha value is -1.47. The van der Waals surface area contributed by atoms with Gasteiger partial charge in [0, 0.05) is 0 Å². The third-order valence-electron chi connectivity index (χ3n) is 2.48. The monoisotopic (exact) mass is 341 g/mol. The fourth-order valence-electron chi connectivity index (χ4n) is 1.66. The molecule has 2 rings (SSSR count). The van der Waals surface area contributed by atoms with Gasteiger partial charge in [-0.3, -0.25) is 4.72 Å². The van der Waals surface area contributed by atoms with E-state index in [2.05, 4.69) is 30.6 Å². The zero-order valence-corrected chi connectivity index (χ0v) is 12.8. The number of aromatic nitrogens is 2. The molecule has 0 aliphatic heterocycles. The van der Waals surface area contributed by atoms with Gasteiger partial charge < -0.3 is 0 Å². The number of sulfonamides is 1. The van der Waals surface area contributed by atoms with E-state index in [0.29, 0.717) is 10.2 Å². The van der Waals surface area contributed by atoms with Gasteiger partial charge in [0.05, 0.1) is 17.3 Å². The third kappa shape index (κ3) is 3.30. The number of nitrogens with one attached hydrogen (secondary N) is 1. The van der Waals surface area contributed by atoms with Crippen molar-refractivity contribution in [2.24, 2.45) is 0 Å². The molecule has 1 aromatic carbocycles. The van der Waals surface area contributed by atoms with Crippen molar-refractivity contribution in [2.45, 2.75) is 18.7 Å². The summed E-state index contributed by atoms with van der Waals surface area (Å²) in [6.07, 6.45) is 2.78. The van der Waals surface area contributed by atoms with Crippen LogP contribution in [-0.2, 0) is 10.0 Å². The number of benzene rings is 1. The molecule has 0 amide bonds. The van der Waals surface area contributed by atoms with Crippen LogP contribution in [-0.4, -0.2) is 18.4 Å². The fraction of sp³-hybridized carbons (Fsp3) is 0.167. The molecule has 0 aliphatic rings. The van der Waals surface area contributed by atoms with Gasteiger partial charge in [-0.2, -0.15) is 0 Å². The van der Waals surface area contributed by atoms with E-state index in [1.54, 1.807) is 19.1 Å². The zero-order valence-electron chi connectivity index (χ0n) is 10.4. The van der Waals surface area contributed by atoms with Gasteiger partial charge in [0.25, 0.3) is 10.0 Å². The summed E-state index contributed by atoms with van der Waals surface area (Å²) in [6.45, 7) is 3.67. The summed E-state index contributed by atoms with van der Waals surface area (Å²) in [5, 5.41) is 0. The van der Waals surface area contributed by atoms with Crippen LogP contribution in [0, 0.1) is 13.8 Å². The lowest BCUT2D eigenvalue weighted by molar-refractivity contribution is 0.600. The van der Waals surface area contributed by atoms with Crippen LogP contribution in [0.5, 0.6) is 0 Å². The lowest BCUT2D eigenvalue weighted by atomic mass is 10.2. The van der Waals surface area contributed by atoms with Crippen molar-refractivity contribution in [2.75, 3.05) is 4.72 Å². The van der Waals surface area contributed by atoms with Gasteiger partial charge in [-0.1, -0.05) is 17.7 Å². The van der Waals surface area contributed by atoms with E-state index < -0.39 is 10.0 Å². The Balaban J connectivity index is 2.35. The molecule has 100 valence electrons. The van der Waals surface area contributed by atoms with Gasteiger partial charge >= 0.3 is 0 Å². The van der Waals surface area contributed by atoms with Crippen molar-refractivity contribution in [3.63, 3.8) is 0 Å². The molecule has 19 heavy (non-hydrogen) atoms. The van der Waals surface area contributed by atoms with Gasteiger partial charge in [-0.05, 0) is 41.4 Å². The maximum atomic E-state index is 12.2. The van der Waals surface area contributed by atoms with E-state index in [-0.39, 0.29) is 10.7 Å². The molecular formula is C12H12BrN3O2S. The standard InChI is InChI=1S/C12H12BrN3O2S/c1-8-3-4-10(9(2)5-8)19(17,18)16-12-7-14-11(13)6-15-12/h3-7H,1-2H3,(H,15,16). The van der Waals surface area contributed by atoms with Crippen LogP contribution in [0.1, 0.15) is 11.1 Å². The number of hydrogen-bond acceptors (Lipinski definition) is 4. The molecule has 0 bridgehead atoms. The Kier molecular flexibility index (Phi) is 3.86.